The van der Waals surface area contributed by atoms with Gasteiger partial charge in [0, 0.05) is 6.42 Å². The van der Waals surface area contributed by atoms with E-state index in [0.29, 0.717) is 24.3 Å². The molecule has 0 radical (unpaired) electrons. The van der Waals surface area contributed by atoms with Crippen molar-refractivity contribution in [1.29, 1.82) is 5.26 Å². The highest BCUT2D eigenvalue weighted by molar-refractivity contribution is 5.99. The Labute approximate surface area is 129 Å². The maximum absolute atomic E-state index is 12.5. The molecule has 1 fully saturated rings. The highest BCUT2D eigenvalue weighted by atomic mass is 16.5. The number of ether oxygens (including phenoxy) is 1. The molecule has 1 amide bonds. The second kappa shape index (κ2) is 5.53. The van der Waals surface area contributed by atoms with Gasteiger partial charge in [-0.25, -0.2) is 0 Å². The van der Waals surface area contributed by atoms with Crippen molar-refractivity contribution < 1.29 is 9.53 Å². The number of nitrogens with zero attached hydrogens (tertiary/aromatic N) is 2. The molecule has 0 unspecified atom stereocenters. The van der Waals surface area contributed by atoms with E-state index in [1.807, 2.05) is 48.5 Å². The number of para-hydroxylation sites is 2. The lowest BCUT2D eigenvalue weighted by Crippen LogP contribution is -2.42. The van der Waals surface area contributed by atoms with Gasteiger partial charge in [-0.05, 0) is 24.1 Å². The average molecular weight is 292 g/mol. The minimum Gasteiger partial charge on any atom is -0.495 e. The SMILES string of the molecule is COc1ccccc1N1C(=O)CC[C@]1(C#N)c1ccccc1. The van der Waals surface area contributed by atoms with Crippen molar-refractivity contribution in [3.8, 4) is 11.8 Å². The Bertz CT molecular complexity index is 736. The van der Waals surface area contributed by atoms with Crippen LogP contribution in [-0.2, 0) is 10.3 Å². The normalized spacial score (nSPS) is 20.7. The molecule has 22 heavy (non-hydrogen) atoms. The lowest BCUT2D eigenvalue weighted by molar-refractivity contribution is -0.117. The third-order valence-corrected chi connectivity index (χ3v) is 4.09. The summed E-state index contributed by atoms with van der Waals surface area (Å²) >= 11 is 0. The molecule has 0 bridgehead atoms. The molecular formula is C18H16N2O2. The fourth-order valence-electron chi connectivity index (χ4n) is 3.04. The number of amides is 1. The van der Waals surface area contributed by atoms with Crippen LogP contribution in [-0.4, -0.2) is 13.0 Å². The molecule has 0 N–H and O–H groups in total. The maximum Gasteiger partial charge on any atom is 0.228 e. The Hall–Kier alpha value is -2.80. The van der Waals surface area contributed by atoms with Gasteiger partial charge < -0.3 is 4.74 Å². The molecule has 1 aliphatic heterocycles. The van der Waals surface area contributed by atoms with Crippen LogP contribution in [0, 0.1) is 11.3 Å². The third-order valence-electron chi connectivity index (χ3n) is 4.09. The summed E-state index contributed by atoms with van der Waals surface area (Å²) in [6, 6.07) is 19.1. The molecule has 0 saturated carbocycles. The maximum atomic E-state index is 12.5. The van der Waals surface area contributed by atoms with E-state index in [1.165, 1.54) is 0 Å². The number of nitriles is 1. The lowest BCUT2D eigenvalue weighted by Gasteiger charge is -2.33. The molecular weight excluding hydrogens is 276 g/mol. The first kappa shape index (κ1) is 14.2. The molecule has 4 heteroatoms. The van der Waals surface area contributed by atoms with Crippen LogP contribution in [0.2, 0.25) is 0 Å². The zero-order valence-electron chi connectivity index (χ0n) is 12.3. The van der Waals surface area contributed by atoms with Crippen molar-refractivity contribution in [2.45, 2.75) is 18.4 Å². The highest BCUT2D eigenvalue weighted by Crippen LogP contribution is 2.45. The molecule has 4 nitrogen and oxygen atoms in total. The van der Waals surface area contributed by atoms with E-state index in [4.69, 9.17) is 4.74 Å². The minimum absolute atomic E-state index is 0.0603. The molecule has 1 aliphatic rings. The van der Waals surface area contributed by atoms with E-state index in [-0.39, 0.29) is 5.91 Å². The Morgan fingerprint density at radius 2 is 1.82 bits per heavy atom. The number of carbonyl (C=O) groups excluding carboxylic acids is 1. The molecule has 2 aromatic rings. The molecule has 1 atom stereocenters. The minimum atomic E-state index is -0.979. The first-order valence-electron chi connectivity index (χ1n) is 7.16. The zero-order chi connectivity index (χ0) is 15.6. The second-order valence-corrected chi connectivity index (χ2v) is 5.24. The largest absolute Gasteiger partial charge is 0.495 e. The van der Waals surface area contributed by atoms with Crippen molar-refractivity contribution in [3.05, 3.63) is 60.2 Å². The van der Waals surface area contributed by atoms with Gasteiger partial charge in [-0.2, -0.15) is 5.26 Å². The summed E-state index contributed by atoms with van der Waals surface area (Å²) in [5.41, 5.74) is 0.486. The van der Waals surface area contributed by atoms with E-state index in [0.717, 1.165) is 5.56 Å². The molecule has 3 rings (SSSR count). The Morgan fingerprint density at radius 3 is 2.50 bits per heavy atom. The quantitative estimate of drug-likeness (QED) is 0.872. The predicted molar refractivity (Wildman–Crippen MR) is 83.4 cm³/mol. The molecule has 0 aromatic heterocycles. The van der Waals surface area contributed by atoms with Crippen LogP contribution in [0.15, 0.2) is 54.6 Å². The van der Waals surface area contributed by atoms with Gasteiger partial charge in [0.2, 0.25) is 5.91 Å². The van der Waals surface area contributed by atoms with Gasteiger partial charge >= 0.3 is 0 Å². The molecule has 0 spiro atoms. The number of methoxy groups -OCH3 is 1. The van der Waals surface area contributed by atoms with E-state index < -0.39 is 5.54 Å². The molecule has 1 heterocycles. The fourth-order valence-corrected chi connectivity index (χ4v) is 3.04. The van der Waals surface area contributed by atoms with Crippen molar-refractivity contribution in [2.24, 2.45) is 0 Å². The summed E-state index contributed by atoms with van der Waals surface area (Å²) in [6.45, 7) is 0. The fraction of sp³-hybridized carbons (Fsp3) is 0.222. The smallest absolute Gasteiger partial charge is 0.228 e. The summed E-state index contributed by atoms with van der Waals surface area (Å²) < 4.78 is 5.38. The van der Waals surface area contributed by atoms with Crippen molar-refractivity contribution in [1.82, 2.24) is 0 Å². The van der Waals surface area contributed by atoms with Gasteiger partial charge in [-0.15, -0.1) is 0 Å². The molecule has 2 aromatic carbocycles. The summed E-state index contributed by atoms with van der Waals surface area (Å²) in [5.74, 6) is 0.531. The van der Waals surface area contributed by atoms with Gasteiger partial charge in [0.25, 0.3) is 0 Å². The molecule has 0 aliphatic carbocycles. The van der Waals surface area contributed by atoms with Crippen LogP contribution in [0.5, 0.6) is 5.75 Å². The van der Waals surface area contributed by atoms with E-state index >= 15 is 0 Å². The van der Waals surface area contributed by atoms with Crippen LogP contribution in [0.3, 0.4) is 0 Å². The summed E-state index contributed by atoms with van der Waals surface area (Å²) in [6.07, 6.45) is 0.824. The number of hydrogen-bond acceptors (Lipinski definition) is 3. The number of benzene rings is 2. The molecule has 1 saturated heterocycles. The zero-order valence-corrected chi connectivity index (χ0v) is 12.3. The Balaban J connectivity index is 2.19. The van der Waals surface area contributed by atoms with Crippen LogP contribution >= 0.6 is 0 Å². The first-order chi connectivity index (χ1) is 10.7. The standard InChI is InChI=1S/C18H16N2O2/c1-22-16-10-6-5-9-15(16)20-17(21)11-12-18(20,13-19)14-7-3-2-4-8-14/h2-10H,11-12H2,1H3/t18-/m0/s1. The summed E-state index contributed by atoms with van der Waals surface area (Å²) in [5, 5.41) is 9.90. The Kier molecular flexibility index (Phi) is 3.56. The number of anilines is 1. The number of carbonyl (C=O) groups is 1. The van der Waals surface area contributed by atoms with E-state index in [2.05, 4.69) is 6.07 Å². The highest BCUT2D eigenvalue weighted by Gasteiger charge is 2.48. The van der Waals surface area contributed by atoms with Gasteiger partial charge in [-0.1, -0.05) is 42.5 Å². The third kappa shape index (κ3) is 2.03. The van der Waals surface area contributed by atoms with Crippen LogP contribution in [0.1, 0.15) is 18.4 Å². The number of hydrogen-bond donors (Lipinski definition) is 0. The van der Waals surface area contributed by atoms with Gasteiger partial charge in [-0.3, -0.25) is 9.69 Å². The second-order valence-electron chi connectivity index (χ2n) is 5.24. The monoisotopic (exact) mass is 292 g/mol. The van der Waals surface area contributed by atoms with Gasteiger partial charge in [0.15, 0.2) is 5.54 Å². The lowest BCUT2D eigenvalue weighted by atomic mass is 9.88. The van der Waals surface area contributed by atoms with Gasteiger partial charge in [0.05, 0.1) is 18.9 Å². The predicted octanol–water partition coefficient (Wildman–Crippen LogP) is 3.24. The Morgan fingerprint density at radius 1 is 1.14 bits per heavy atom. The summed E-state index contributed by atoms with van der Waals surface area (Å²) in [7, 11) is 1.57. The number of rotatable bonds is 3. The van der Waals surface area contributed by atoms with Crippen LogP contribution in [0.25, 0.3) is 0 Å². The van der Waals surface area contributed by atoms with Crippen molar-refractivity contribution in [3.63, 3.8) is 0 Å². The van der Waals surface area contributed by atoms with E-state index in [9.17, 15) is 10.1 Å². The van der Waals surface area contributed by atoms with Crippen LogP contribution in [0.4, 0.5) is 5.69 Å². The van der Waals surface area contributed by atoms with Crippen molar-refractivity contribution >= 4 is 11.6 Å². The van der Waals surface area contributed by atoms with Crippen LogP contribution < -0.4 is 9.64 Å². The van der Waals surface area contributed by atoms with Crippen molar-refractivity contribution in [2.75, 3.05) is 12.0 Å². The topological polar surface area (TPSA) is 53.3 Å². The average Bonchev–Trinajstić information content (AvgIpc) is 2.93. The van der Waals surface area contributed by atoms with E-state index in [1.54, 1.807) is 18.1 Å². The summed E-state index contributed by atoms with van der Waals surface area (Å²) in [4.78, 5) is 14.1. The molecule has 110 valence electrons. The van der Waals surface area contributed by atoms with Gasteiger partial charge in [0.1, 0.15) is 5.75 Å². The first-order valence-corrected chi connectivity index (χ1v) is 7.16.